The quantitative estimate of drug-likeness (QED) is 0.478. The van der Waals surface area contributed by atoms with E-state index in [-0.39, 0.29) is 11.7 Å². The summed E-state index contributed by atoms with van der Waals surface area (Å²) in [6.07, 6.45) is 5.03. The molecule has 0 bridgehead atoms. The molecule has 0 aliphatic carbocycles. The number of ketones is 1. The van der Waals surface area contributed by atoms with Crippen LogP contribution >= 0.6 is 0 Å². The Balaban J connectivity index is 1.51. The molecular formula is C23H16N4O2. The minimum atomic E-state index is -0.235. The van der Waals surface area contributed by atoms with Crippen LogP contribution in [-0.4, -0.2) is 31.2 Å². The number of benzene rings is 2. The zero-order valence-corrected chi connectivity index (χ0v) is 15.6. The first-order valence-corrected chi connectivity index (χ1v) is 9.18. The first-order valence-electron chi connectivity index (χ1n) is 9.18. The van der Waals surface area contributed by atoms with Crippen LogP contribution in [0.25, 0.3) is 22.3 Å². The number of pyridine rings is 1. The maximum Gasteiger partial charge on any atom is 0.261 e. The standard InChI is InChI=1S/C23H16N4O2/c1-14-25-20-9-10-27(13-21(20)26-14)23(29)16-6-4-5-15(11-16)22(28)18-12-24-19-8-3-2-7-17(18)19/h2-13,24H,1H3. The number of carbonyl (C=O) groups is 2. The van der Waals surface area contributed by atoms with Crippen LogP contribution < -0.4 is 0 Å². The second-order valence-corrected chi connectivity index (χ2v) is 6.86. The summed E-state index contributed by atoms with van der Waals surface area (Å²) in [5.74, 6) is 0.299. The SMILES string of the molecule is Cc1nc2ccn(C(=O)c3cccc(C(=O)c4c[nH]c5ccccc45)c3)cc-2n1. The molecule has 3 aromatic rings. The average molecular weight is 380 g/mol. The molecule has 0 saturated carbocycles. The van der Waals surface area contributed by atoms with Crippen LogP contribution in [0.15, 0.2) is 73.2 Å². The van der Waals surface area contributed by atoms with Crippen LogP contribution in [0.1, 0.15) is 32.1 Å². The van der Waals surface area contributed by atoms with E-state index in [9.17, 15) is 9.59 Å². The fourth-order valence-corrected chi connectivity index (χ4v) is 3.52. The van der Waals surface area contributed by atoms with Crippen LogP contribution in [0, 0.1) is 6.92 Å². The van der Waals surface area contributed by atoms with Gasteiger partial charge in [-0.05, 0) is 31.2 Å². The molecule has 2 aliphatic heterocycles. The molecule has 2 aliphatic rings. The van der Waals surface area contributed by atoms with Crippen LogP contribution in [0.4, 0.5) is 0 Å². The van der Waals surface area contributed by atoms with Crippen molar-refractivity contribution in [3.8, 4) is 11.4 Å². The summed E-state index contributed by atoms with van der Waals surface area (Å²) in [4.78, 5) is 37.7. The Kier molecular flexibility index (Phi) is 3.84. The molecule has 29 heavy (non-hydrogen) atoms. The molecule has 6 nitrogen and oxygen atoms in total. The van der Waals surface area contributed by atoms with Crippen molar-refractivity contribution in [3.05, 3.63) is 95.7 Å². The van der Waals surface area contributed by atoms with Crippen LogP contribution in [0.2, 0.25) is 0 Å². The fraction of sp³-hybridized carbons (Fsp3) is 0.0435. The van der Waals surface area contributed by atoms with E-state index in [1.165, 1.54) is 4.57 Å². The minimum Gasteiger partial charge on any atom is -0.360 e. The Morgan fingerprint density at radius 3 is 2.62 bits per heavy atom. The number of hydrogen-bond donors (Lipinski definition) is 1. The predicted molar refractivity (Wildman–Crippen MR) is 109 cm³/mol. The molecule has 0 atom stereocenters. The predicted octanol–water partition coefficient (Wildman–Crippen LogP) is 4.09. The zero-order chi connectivity index (χ0) is 20.0. The number of para-hydroxylation sites is 1. The first-order chi connectivity index (χ1) is 14.1. The second kappa shape index (κ2) is 6.53. The van der Waals surface area contributed by atoms with Gasteiger partial charge in [-0.1, -0.05) is 30.3 Å². The van der Waals surface area contributed by atoms with Gasteiger partial charge in [-0.25, -0.2) is 9.97 Å². The molecule has 2 aromatic carbocycles. The van der Waals surface area contributed by atoms with E-state index in [1.54, 1.807) is 48.9 Å². The molecule has 1 N–H and O–H groups in total. The number of carbonyl (C=O) groups excluding carboxylic acids is 2. The third kappa shape index (κ3) is 2.91. The highest BCUT2D eigenvalue weighted by atomic mass is 16.2. The second-order valence-electron chi connectivity index (χ2n) is 6.86. The normalized spacial score (nSPS) is 11.2. The molecule has 0 radical (unpaired) electrons. The third-order valence-electron chi connectivity index (χ3n) is 4.92. The molecule has 5 rings (SSSR count). The summed E-state index contributed by atoms with van der Waals surface area (Å²) in [6, 6.07) is 16.2. The molecule has 0 unspecified atom stereocenters. The topological polar surface area (TPSA) is 80.6 Å². The lowest BCUT2D eigenvalue weighted by atomic mass is 10.0. The van der Waals surface area contributed by atoms with Crippen molar-refractivity contribution in [3.63, 3.8) is 0 Å². The number of fused-ring (bicyclic) bond motifs is 2. The first kappa shape index (κ1) is 17.1. The summed E-state index contributed by atoms with van der Waals surface area (Å²) in [6.45, 7) is 1.81. The number of aromatic nitrogens is 4. The summed E-state index contributed by atoms with van der Waals surface area (Å²) < 4.78 is 1.46. The molecule has 0 fully saturated rings. The third-order valence-corrected chi connectivity index (χ3v) is 4.92. The highest BCUT2D eigenvalue weighted by molar-refractivity contribution is 6.17. The molecule has 140 valence electrons. The molecule has 6 heteroatoms. The van der Waals surface area contributed by atoms with Crippen molar-refractivity contribution < 1.29 is 9.59 Å². The van der Waals surface area contributed by atoms with Gasteiger partial charge in [0.1, 0.15) is 11.5 Å². The summed E-state index contributed by atoms with van der Waals surface area (Å²) >= 11 is 0. The van der Waals surface area contributed by atoms with E-state index in [2.05, 4.69) is 15.0 Å². The maximum atomic E-state index is 13.1. The van der Waals surface area contributed by atoms with E-state index < -0.39 is 0 Å². The van der Waals surface area contributed by atoms with Gasteiger partial charge in [0.15, 0.2) is 5.78 Å². The fourth-order valence-electron chi connectivity index (χ4n) is 3.52. The van der Waals surface area contributed by atoms with Gasteiger partial charge in [0.2, 0.25) is 0 Å². The number of aryl methyl sites for hydroxylation is 1. The molecule has 1 aromatic heterocycles. The number of nitrogens with one attached hydrogen (secondary N) is 1. The minimum absolute atomic E-state index is 0.130. The largest absolute Gasteiger partial charge is 0.360 e. The number of H-pyrrole nitrogens is 1. The highest BCUT2D eigenvalue weighted by Gasteiger charge is 2.17. The Morgan fingerprint density at radius 2 is 1.72 bits per heavy atom. The van der Waals surface area contributed by atoms with Gasteiger partial charge in [-0.3, -0.25) is 14.2 Å². The lowest BCUT2D eigenvalue weighted by Gasteiger charge is -2.08. The highest BCUT2D eigenvalue weighted by Crippen LogP contribution is 2.22. The van der Waals surface area contributed by atoms with Crippen LogP contribution in [0.3, 0.4) is 0 Å². The molecule has 0 amide bonds. The van der Waals surface area contributed by atoms with Gasteiger partial charge in [0.25, 0.3) is 5.91 Å². The van der Waals surface area contributed by atoms with Gasteiger partial charge >= 0.3 is 0 Å². The molecule has 0 spiro atoms. The zero-order valence-electron chi connectivity index (χ0n) is 15.6. The maximum absolute atomic E-state index is 13.1. The Hall–Kier alpha value is -4.06. The van der Waals surface area contributed by atoms with Gasteiger partial charge in [-0.2, -0.15) is 0 Å². The lowest BCUT2D eigenvalue weighted by molar-refractivity contribution is 0.0959. The summed E-state index contributed by atoms with van der Waals surface area (Å²) in [7, 11) is 0. The number of hydrogen-bond acceptors (Lipinski definition) is 4. The molecular weight excluding hydrogens is 364 g/mol. The van der Waals surface area contributed by atoms with Gasteiger partial charge in [0.05, 0.1) is 5.69 Å². The van der Waals surface area contributed by atoms with Gasteiger partial charge < -0.3 is 4.98 Å². The van der Waals surface area contributed by atoms with Crippen molar-refractivity contribution in [1.29, 1.82) is 0 Å². The van der Waals surface area contributed by atoms with Crippen molar-refractivity contribution in [1.82, 2.24) is 19.5 Å². The summed E-state index contributed by atoms with van der Waals surface area (Å²) in [5, 5.41) is 0.860. The number of rotatable bonds is 3. The van der Waals surface area contributed by atoms with E-state index in [4.69, 9.17) is 0 Å². The number of imidazole rings is 1. The monoisotopic (exact) mass is 380 g/mol. The van der Waals surface area contributed by atoms with E-state index in [0.717, 1.165) is 16.6 Å². The van der Waals surface area contributed by atoms with Crippen molar-refractivity contribution >= 4 is 22.6 Å². The van der Waals surface area contributed by atoms with E-state index in [0.29, 0.717) is 28.2 Å². The number of aromatic amines is 1. The van der Waals surface area contributed by atoms with Gasteiger partial charge in [-0.15, -0.1) is 0 Å². The molecule has 3 heterocycles. The van der Waals surface area contributed by atoms with Crippen molar-refractivity contribution in [2.45, 2.75) is 6.92 Å². The Morgan fingerprint density at radius 1 is 0.931 bits per heavy atom. The average Bonchev–Trinajstić information content (AvgIpc) is 3.34. The summed E-state index contributed by atoms with van der Waals surface area (Å²) in [5.41, 5.74) is 3.78. The van der Waals surface area contributed by atoms with Crippen LogP contribution in [-0.2, 0) is 0 Å². The van der Waals surface area contributed by atoms with E-state index >= 15 is 0 Å². The van der Waals surface area contributed by atoms with Crippen molar-refractivity contribution in [2.75, 3.05) is 0 Å². The Bertz CT molecular complexity index is 1360. The smallest absolute Gasteiger partial charge is 0.261 e. The van der Waals surface area contributed by atoms with Crippen molar-refractivity contribution in [2.24, 2.45) is 0 Å². The lowest BCUT2D eigenvalue weighted by Crippen LogP contribution is -2.13. The molecule has 0 saturated heterocycles. The number of nitrogens with zero attached hydrogens (tertiary/aromatic N) is 3. The van der Waals surface area contributed by atoms with Gasteiger partial charge in [0, 0.05) is 46.2 Å². The van der Waals surface area contributed by atoms with Crippen LogP contribution in [0.5, 0.6) is 0 Å². The van der Waals surface area contributed by atoms with E-state index in [1.807, 2.05) is 31.2 Å². The Labute approximate surface area is 166 Å².